The maximum absolute atomic E-state index is 3.73. The highest BCUT2D eigenvalue weighted by Gasteiger charge is 2.36. The molecule has 0 aromatic rings. The summed E-state index contributed by atoms with van der Waals surface area (Å²) >= 11 is 0. The number of allylic oxidation sites excluding steroid dienone is 3. The van der Waals surface area contributed by atoms with E-state index in [1.807, 2.05) is 0 Å². The van der Waals surface area contributed by atoms with Gasteiger partial charge >= 0.3 is 0 Å². The summed E-state index contributed by atoms with van der Waals surface area (Å²) in [5.41, 5.74) is 3.25. The second-order valence-corrected chi connectivity index (χ2v) is 12.9. The molecule has 1 N–H and O–H groups in total. The van der Waals surface area contributed by atoms with Crippen molar-refractivity contribution in [2.75, 3.05) is 0 Å². The molecule has 98 valence electrons. The smallest absolute Gasteiger partial charge is 0.0799 e. The SMILES string of the molecule is CC1=C(NC(C)(C)C)C([Si](C)(C)C)=CC1(C)C. The first-order valence-electron chi connectivity index (χ1n) is 6.58. The van der Waals surface area contributed by atoms with E-state index in [2.05, 4.69) is 72.6 Å². The van der Waals surface area contributed by atoms with Gasteiger partial charge in [0.2, 0.25) is 0 Å². The number of rotatable bonds is 2. The topological polar surface area (TPSA) is 12.0 Å². The van der Waals surface area contributed by atoms with E-state index in [-0.39, 0.29) is 11.0 Å². The molecule has 0 saturated heterocycles. The molecule has 0 saturated carbocycles. The first-order chi connectivity index (χ1) is 7.34. The van der Waals surface area contributed by atoms with E-state index in [9.17, 15) is 0 Å². The quantitative estimate of drug-likeness (QED) is 0.713. The monoisotopic (exact) mass is 251 g/mol. The molecule has 1 nitrogen and oxygen atoms in total. The van der Waals surface area contributed by atoms with Crippen LogP contribution in [-0.4, -0.2) is 13.6 Å². The van der Waals surface area contributed by atoms with Gasteiger partial charge in [0.25, 0.3) is 0 Å². The van der Waals surface area contributed by atoms with Gasteiger partial charge in [-0.1, -0.05) is 39.6 Å². The molecule has 0 aliphatic heterocycles. The molecule has 1 rings (SSSR count). The molecule has 0 amide bonds. The lowest BCUT2D eigenvalue weighted by Gasteiger charge is -2.30. The predicted octanol–water partition coefficient (Wildman–Crippen LogP) is 4.49. The Balaban J connectivity index is 3.23. The summed E-state index contributed by atoms with van der Waals surface area (Å²) in [6.45, 7) is 20.9. The Morgan fingerprint density at radius 1 is 1.12 bits per heavy atom. The van der Waals surface area contributed by atoms with E-state index in [4.69, 9.17) is 0 Å². The van der Waals surface area contributed by atoms with Crippen LogP contribution in [0.1, 0.15) is 41.5 Å². The van der Waals surface area contributed by atoms with Crippen molar-refractivity contribution in [1.82, 2.24) is 5.32 Å². The Morgan fingerprint density at radius 2 is 1.59 bits per heavy atom. The summed E-state index contributed by atoms with van der Waals surface area (Å²) in [7, 11) is -1.28. The van der Waals surface area contributed by atoms with Crippen LogP contribution in [0.4, 0.5) is 0 Å². The maximum atomic E-state index is 3.73. The lowest BCUT2D eigenvalue weighted by atomic mass is 9.88. The zero-order valence-corrected chi connectivity index (χ0v) is 14.1. The Morgan fingerprint density at radius 3 is 1.94 bits per heavy atom. The Hall–Kier alpha value is -0.503. The van der Waals surface area contributed by atoms with Crippen molar-refractivity contribution in [1.29, 1.82) is 0 Å². The van der Waals surface area contributed by atoms with Crippen molar-refractivity contribution in [3.8, 4) is 0 Å². The molecular weight excluding hydrogens is 222 g/mol. The molecule has 0 atom stereocenters. The number of hydrogen-bond donors (Lipinski definition) is 1. The minimum Gasteiger partial charge on any atom is -0.381 e. The van der Waals surface area contributed by atoms with Crippen molar-refractivity contribution in [2.45, 2.75) is 66.7 Å². The van der Waals surface area contributed by atoms with Gasteiger partial charge in [-0.25, -0.2) is 0 Å². The summed E-state index contributed by atoms with van der Waals surface area (Å²) in [5.74, 6) is 0. The second-order valence-electron chi connectivity index (χ2n) is 7.90. The predicted molar refractivity (Wildman–Crippen MR) is 80.8 cm³/mol. The highest BCUT2D eigenvalue weighted by Crippen LogP contribution is 2.43. The van der Waals surface area contributed by atoms with E-state index in [1.165, 1.54) is 11.3 Å². The van der Waals surface area contributed by atoms with Gasteiger partial charge in [-0.05, 0) is 38.5 Å². The molecule has 0 spiro atoms. The van der Waals surface area contributed by atoms with Gasteiger partial charge in [0.05, 0.1) is 8.07 Å². The number of nitrogens with one attached hydrogen (secondary N) is 1. The van der Waals surface area contributed by atoms with Crippen LogP contribution in [-0.2, 0) is 0 Å². The lowest BCUT2D eigenvalue weighted by Crippen LogP contribution is -2.39. The Labute approximate surface area is 108 Å². The minimum atomic E-state index is -1.28. The fourth-order valence-corrected chi connectivity index (χ4v) is 3.99. The van der Waals surface area contributed by atoms with Crippen molar-refractivity contribution < 1.29 is 0 Å². The molecule has 0 fully saturated rings. The first kappa shape index (κ1) is 14.6. The molecule has 2 heteroatoms. The Kier molecular flexibility index (Phi) is 3.43. The van der Waals surface area contributed by atoms with Crippen LogP contribution in [0.2, 0.25) is 19.6 Å². The average Bonchev–Trinajstić information content (AvgIpc) is 2.25. The fourth-order valence-electron chi connectivity index (χ4n) is 2.19. The van der Waals surface area contributed by atoms with Crippen LogP contribution < -0.4 is 5.32 Å². The molecule has 1 aliphatic rings. The summed E-state index contributed by atoms with van der Waals surface area (Å²) < 4.78 is 0. The molecule has 0 aromatic carbocycles. The minimum absolute atomic E-state index is 0.135. The molecule has 0 heterocycles. The van der Waals surface area contributed by atoms with E-state index < -0.39 is 8.07 Å². The molecule has 0 unspecified atom stereocenters. The van der Waals surface area contributed by atoms with Crippen LogP contribution in [0.15, 0.2) is 22.5 Å². The molecule has 1 aliphatic carbocycles. The van der Waals surface area contributed by atoms with Gasteiger partial charge in [-0.3, -0.25) is 0 Å². The Bertz CT molecular complexity index is 373. The number of hydrogen-bond acceptors (Lipinski definition) is 1. The molecule has 17 heavy (non-hydrogen) atoms. The van der Waals surface area contributed by atoms with Crippen molar-refractivity contribution >= 4 is 8.07 Å². The third kappa shape index (κ3) is 3.24. The molecule has 0 bridgehead atoms. The van der Waals surface area contributed by atoms with Crippen LogP contribution >= 0.6 is 0 Å². The highest BCUT2D eigenvalue weighted by atomic mass is 28.3. The van der Waals surface area contributed by atoms with Crippen LogP contribution in [0.25, 0.3) is 0 Å². The lowest BCUT2D eigenvalue weighted by molar-refractivity contribution is 0.471. The maximum Gasteiger partial charge on any atom is 0.0799 e. The van der Waals surface area contributed by atoms with E-state index >= 15 is 0 Å². The van der Waals surface area contributed by atoms with E-state index in [1.54, 1.807) is 5.20 Å². The summed E-state index contributed by atoms with van der Waals surface area (Å²) in [5, 5.41) is 5.32. The average molecular weight is 251 g/mol. The molecule has 0 aromatic heterocycles. The van der Waals surface area contributed by atoms with Gasteiger partial charge < -0.3 is 5.32 Å². The van der Waals surface area contributed by atoms with Crippen LogP contribution in [0.5, 0.6) is 0 Å². The van der Waals surface area contributed by atoms with Gasteiger partial charge in [-0.15, -0.1) is 0 Å². The first-order valence-corrected chi connectivity index (χ1v) is 10.1. The highest BCUT2D eigenvalue weighted by molar-refractivity contribution is 6.84. The van der Waals surface area contributed by atoms with E-state index in [0.29, 0.717) is 0 Å². The largest absolute Gasteiger partial charge is 0.381 e. The third-order valence-electron chi connectivity index (χ3n) is 3.42. The van der Waals surface area contributed by atoms with E-state index in [0.717, 1.165) is 0 Å². The fraction of sp³-hybridized carbons (Fsp3) is 0.733. The van der Waals surface area contributed by atoms with Crippen molar-refractivity contribution in [3.63, 3.8) is 0 Å². The standard InChI is InChI=1S/C15H29NSi/c1-11-13(16-14(2,3)4)12(17(7,8)9)10-15(11,5)6/h10,16H,1-9H3. The summed E-state index contributed by atoms with van der Waals surface area (Å²) in [4.78, 5) is 0. The summed E-state index contributed by atoms with van der Waals surface area (Å²) in [6.07, 6.45) is 2.49. The van der Waals surface area contributed by atoms with Crippen molar-refractivity contribution in [2.24, 2.45) is 5.41 Å². The van der Waals surface area contributed by atoms with Crippen molar-refractivity contribution in [3.05, 3.63) is 22.5 Å². The second kappa shape index (κ2) is 4.01. The van der Waals surface area contributed by atoms with Gasteiger partial charge in [0.1, 0.15) is 0 Å². The van der Waals surface area contributed by atoms with Crippen LogP contribution in [0.3, 0.4) is 0 Å². The molecule has 0 radical (unpaired) electrons. The zero-order chi connectivity index (χ0) is 13.6. The van der Waals surface area contributed by atoms with Gasteiger partial charge in [0, 0.05) is 16.7 Å². The van der Waals surface area contributed by atoms with Gasteiger partial charge in [0.15, 0.2) is 0 Å². The molecular formula is C15H29NSi. The normalized spacial score (nSPS) is 20.6. The van der Waals surface area contributed by atoms with Crippen LogP contribution in [0, 0.1) is 5.41 Å². The van der Waals surface area contributed by atoms with Gasteiger partial charge in [-0.2, -0.15) is 0 Å². The summed E-state index contributed by atoms with van der Waals surface area (Å²) in [6, 6.07) is 0. The third-order valence-corrected chi connectivity index (χ3v) is 5.43. The zero-order valence-electron chi connectivity index (χ0n) is 13.1.